The van der Waals surface area contributed by atoms with E-state index in [1.807, 2.05) is 0 Å². The highest BCUT2D eigenvalue weighted by Gasteiger charge is 2.06. The zero-order valence-corrected chi connectivity index (χ0v) is 9.80. The van der Waals surface area contributed by atoms with Gasteiger partial charge >= 0.3 is 0 Å². The average molecular weight is 256 g/mol. The number of aromatic nitrogens is 2. The lowest BCUT2D eigenvalue weighted by Crippen LogP contribution is -2.07. The quantitative estimate of drug-likeness (QED) is 0.798. The number of carbonyl (C=O) groups excluding carboxylic acids is 1. The van der Waals surface area contributed by atoms with Crippen molar-refractivity contribution >= 4 is 46.0 Å². The zero-order chi connectivity index (χ0) is 11.7. The number of nitrogens with zero attached hydrogens (tertiary/aromatic N) is 2. The van der Waals surface area contributed by atoms with Crippen molar-refractivity contribution in [3.8, 4) is 0 Å². The second kappa shape index (κ2) is 4.23. The Labute approximate surface area is 102 Å². The molecule has 0 aliphatic carbocycles. The molecule has 0 aliphatic heterocycles. The molecule has 0 unspecified atom stereocenters. The summed E-state index contributed by atoms with van der Waals surface area (Å²) in [5.74, 6) is 0.228. The van der Waals surface area contributed by atoms with Crippen molar-refractivity contribution < 1.29 is 4.79 Å². The van der Waals surface area contributed by atoms with E-state index in [1.54, 1.807) is 18.2 Å². The van der Waals surface area contributed by atoms with Gasteiger partial charge in [0.15, 0.2) is 5.65 Å². The van der Waals surface area contributed by atoms with Crippen molar-refractivity contribution in [2.75, 3.05) is 5.32 Å². The minimum atomic E-state index is -0.194. The highest BCUT2D eigenvalue weighted by molar-refractivity contribution is 6.37. The van der Waals surface area contributed by atoms with E-state index in [0.717, 1.165) is 0 Å². The van der Waals surface area contributed by atoms with E-state index in [2.05, 4.69) is 15.3 Å². The molecule has 1 amide bonds. The third kappa shape index (κ3) is 2.23. The smallest absolute Gasteiger partial charge is 0.222 e. The Hall–Kier alpha value is -1.39. The minimum absolute atomic E-state index is 0.194. The maximum absolute atomic E-state index is 10.9. The van der Waals surface area contributed by atoms with Gasteiger partial charge in [-0.1, -0.05) is 23.2 Å². The average Bonchev–Trinajstić information content (AvgIpc) is 2.15. The van der Waals surface area contributed by atoms with Crippen LogP contribution in [0.25, 0.3) is 11.0 Å². The molecule has 2 rings (SSSR count). The van der Waals surface area contributed by atoms with Gasteiger partial charge in [0.25, 0.3) is 0 Å². The number of anilines is 1. The van der Waals surface area contributed by atoms with Gasteiger partial charge < -0.3 is 5.32 Å². The largest absolute Gasteiger partial charge is 0.311 e. The van der Waals surface area contributed by atoms with Gasteiger partial charge in [-0.3, -0.25) is 4.79 Å². The summed E-state index contributed by atoms with van der Waals surface area (Å²) in [5, 5.41) is 4.01. The Morgan fingerprint density at radius 3 is 2.75 bits per heavy atom. The normalized spacial score (nSPS) is 10.4. The lowest BCUT2D eigenvalue weighted by atomic mass is 10.3. The van der Waals surface area contributed by atoms with Crippen LogP contribution in [0.3, 0.4) is 0 Å². The molecule has 0 radical (unpaired) electrons. The van der Waals surface area contributed by atoms with Crippen LogP contribution in [0, 0.1) is 0 Å². The maximum Gasteiger partial charge on any atom is 0.222 e. The summed E-state index contributed by atoms with van der Waals surface area (Å²) in [6.45, 7) is 1.41. The molecule has 4 nitrogen and oxygen atoms in total. The van der Waals surface area contributed by atoms with Gasteiger partial charge in [0.2, 0.25) is 5.91 Å². The van der Waals surface area contributed by atoms with Crippen molar-refractivity contribution in [2.24, 2.45) is 0 Å². The summed E-state index contributed by atoms with van der Waals surface area (Å²) in [7, 11) is 0. The molecule has 0 atom stereocenters. The SMILES string of the molecule is CC(=O)Nc1ccc2c(Cl)cc(Cl)nc2n1. The van der Waals surface area contributed by atoms with Crippen molar-refractivity contribution in [3.63, 3.8) is 0 Å². The first-order chi connectivity index (χ1) is 7.56. The number of pyridine rings is 2. The molecule has 1 N–H and O–H groups in total. The fraction of sp³-hybridized carbons (Fsp3) is 0.100. The van der Waals surface area contributed by atoms with Crippen LogP contribution in [0.4, 0.5) is 5.82 Å². The molecule has 0 bridgehead atoms. The van der Waals surface area contributed by atoms with Crippen LogP contribution in [-0.4, -0.2) is 15.9 Å². The predicted molar refractivity (Wildman–Crippen MR) is 63.9 cm³/mol. The Kier molecular flexibility index (Phi) is 2.94. The molecule has 0 saturated heterocycles. The fourth-order valence-corrected chi connectivity index (χ4v) is 1.78. The third-order valence-electron chi connectivity index (χ3n) is 1.90. The van der Waals surface area contributed by atoms with Gasteiger partial charge in [0.1, 0.15) is 11.0 Å². The molecule has 0 aliphatic rings. The monoisotopic (exact) mass is 255 g/mol. The van der Waals surface area contributed by atoms with Crippen LogP contribution in [0.1, 0.15) is 6.92 Å². The summed E-state index contributed by atoms with van der Waals surface area (Å²) in [4.78, 5) is 19.0. The van der Waals surface area contributed by atoms with E-state index in [1.165, 1.54) is 6.92 Å². The summed E-state index contributed by atoms with van der Waals surface area (Å²) < 4.78 is 0. The Balaban J connectivity index is 2.57. The summed E-state index contributed by atoms with van der Waals surface area (Å²) in [6, 6.07) is 4.94. The molecule has 2 aromatic rings. The standard InChI is InChI=1S/C10H7Cl2N3O/c1-5(16)13-9-3-2-6-7(11)4-8(12)14-10(6)15-9/h2-4H,1H3,(H,13,14,15,16). The number of rotatable bonds is 1. The van der Waals surface area contributed by atoms with E-state index in [4.69, 9.17) is 23.2 Å². The number of fused-ring (bicyclic) bond motifs is 1. The summed E-state index contributed by atoms with van der Waals surface area (Å²) in [6.07, 6.45) is 0. The summed E-state index contributed by atoms with van der Waals surface area (Å²) >= 11 is 11.7. The topological polar surface area (TPSA) is 54.9 Å². The molecule has 0 saturated carbocycles. The first-order valence-corrected chi connectivity index (χ1v) is 5.22. The number of nitrogens with one attached hydrogen (secondary N) is 1. The number of halogens is 2. The molecule has 0 aromatic carbocycles. The first kappa shape index (κ1) is 11.1. The number of carbonyl (C=O) groups is 1. The van der Waals surface area contributed by atoms with Gasteiger partial charge in [-0.2, -0.15) is 0 Å². The zero-order valence-electron chi connectivity index (χ0n) is 8.29. The predicted octanol–water partition coefficient (Wildman–Crippen LogP) is 2.90. The van der Waals surface area contributed by atoms with E-state index in [9.17, 15) is 4.79 Å². The van der Waals surface area contributed by atoms with Crippen LogP contribution in [0.2, 0.25) is 10.2 Å². The molecule has 6 heteroatoms. The number of hydrogen-bond acceptors (Lipinski definition) is 3. The highest BCUT2D eigenvalue weighted by atomic mass is 35.5. The first-order valence-electron chi connectivity index (χ1n) is 4.46. The lowest BCUT2D eigenvalue weighted by Gasteiger charge is -2.04. The number of hydrogen-bond donors (Lipinski definition) is 1. The highest BCUT2D eigenvalue weighted by Crippen LogP contribution is 2.25. The van der Waals surface area contributed by atoms with Gasteiger partial charge in [0.05, 0.1) is 5.02 Å². The second-order valence-corrected chi connectivity index (χ2v) is 3.97. The third-order valence-corrected chi connectivity index (χ3v) is 2.40. The van der Waals surface area contributed by atoms with Crippen molar-refractivity contribution in [1.82, 2.24) is 9.97 Å². The molecule has 2 aromatic heterocycles. The van der Waals surface area contributed by atoms with Gasteiger partial charge in [-0.25, -0.2) is 9.97 Å². The minimum Gasteiger partial charge on any atom is -0.311 e. The summed E-state index contributed by atoms with van der Waals surface area (Å²) in [5.41, 5.74) is 0.406. The van der Waals surface area contributed by atoms with Crippen molar-refractivity contribution in [1.29, 1.82) is 0 Å². The van der Waals surface area contributed by atoms with Crippen molar-refractivity contribution in [2.45, 2.75) is 6.92 Å². The van der Waals surface area contributed by atoms with Gasteiger partial charge in [0, 0.05) is 12.3 Å². The number of amides is 1. The maximum atomic E-state index is 10.9. The van der Waals surface area contributed by atoms with E-state index < -0.39 is 0 Å². The molecule has 16 heavy (non-hydrogen) atoms. The van der Waals surface area contributed by atoms with Gasteiger partial charge in [-0.05, 0) is 18.2 Å². The van der Waals surface area contributed by atoms with Crippen LogP contribution in [0.5, 0.6) is 0 Å². The molecule has 82 valence electrons. The van der Waals surface area contributed by atoms with E-state index in [0.29, 0.717) is 21.9 Å². The Morgan fingerprint density at radius 1 is 1.31 bits per heavy atom. The van der Waals surface area contributed by atoms with E-state index in [-0.39, 0.29) is 11.1 Å². The van der Waals surface area contributed by atoms with Crippen LogP contribution in [-0.2, 0) is 4.79 Å². The Bertz CT molecular complexity index is 571. The molecular weight excluding hydrogens is 249 g/mol. The molecule has 0 fully saturated rings. The van der Waals surface area contributed by atoms with Crippen LogP contribution >= 0.6 is 23.2 Å². The van der Waals surface area contributed by atoms with Crippen molar-refractivity contribution in [3.05, 3.63) is 28.4 Å². The van der Waals surface area contributed by atoms with Gasteiger partial charge in [-0.15, -0.1) is 0 Å². The molecule has 2 heterocycles. The molecular formula is C10H7Cl2N3O. The van der Waals surface area contributed by atoms with Crippen LogP contribution in [0.15, 0.2) is 18.2 Å². The lowest BCUT2D eigenvalue weighted by molar-refractivity contribution is -0.114. The molecule has 0 spiro atoms. The van der Waals surface area contributed by atoms with Crippen LogP contribution < -0.4 is 5.32 Å². The second-order valence-electron chi connectivity index (χ2n) is 3.18. The fourth-order valence-electron chi connectivity index (χ4n) is 1.29. The Morgan fingerprint density at radius 2 is 2.06 bits per heavy atom. The van der Waals surface area contributed by atoms with E-state index >= 15 is 0 Å².